The molecule has 2 N–H and O–H groups in total. The molecule has 1 saturated heterocycles. The Kier molecular flexibility index (Phi) is 8.10. The standard InChI is InChI=1S/C20H28N2O5/c1-2-3-4-10-21-19(25)15-8-11-22(12-9-15)20(26)16-6-5-7-17(13-16)27-14-18(23)24/h5-7,13,15H,2-4,8-12,14H2,1H3,(H,21,25)(H,23,24). The van der Waals surface area contributed by atoms with Gasteiger partial charge >= 0.3 is 5.97 Å². The van der Waals surface area contributed by atoms with Crippen LogP contribution in [0.2, 0.25) is 0 Å². The first-order valence-corrected chi connectivity index (χ1v) is 9.53. The molecule has 0 aliphatic carbocycles. The minimum atomic E-state index is -1.07. The van der Waals surface area contributed by atoms with Crippen LogP contribution in [0.3, 0.4) is 0 Å². The summed E-state index contributed by atoms with van der Waals surface area (Å²) in [5.74, 6) is -0.799. The normalized spacial score (nSPS) is 14.6. The summed E-state index contributed by atoms with van der Waals surface area (Å²) in [5, 5.41) is 11.7. The Labute approximate surface area is 159 Å². The fourth-order valence-electron chi connectivity index (χ4n) is 3.12. The molecule has 2 amide bonds. The number of piperidine rings is 1. The lowest BCUT2D eigenvalue weighted by molar-refractivity contribution is -0.139. The molecule has 0 radical (unpaired) electrons. The highest BCUT2D eigenvalue weighted by Gasteiger charge is 2.27. The number of hydrogen-bond acceptors (Lipinski definition) is 4. The van der Waals surface area contributed by atoms with Crippen LogP contribution in [0.15, 0.2) is 24.3 Å². The highest BCUT2D eigenvalue weighted by Crippen LogP contribution is 2.21. The lowest BCUT2D eigenvalue weighted by atomic mass is 9.95. The third-order valence-electron chi connectivity index (χ3n) is 4.68. The van der Waals surface area contributed by atoms with Crippen molar-refractivity contribution in [2.75, 3.05) is 26.2 Å². The molecule has 0 atom stereocenters. The van der Waals surface area contributed by atoms with Crippen molar-refractivity contribution in [2.24, 2.45) is 5.92 Å². The predicted octanol–water partition coefficient (Wildman–Crippen LogP) is 2.31. The highest BCUT2D eigenvalue weighted by atomic mass is 16.5. The Morgan fingerprint density at radius 2 is 1.96 bits per heavy atom. The molecule has 1 heterocycles. The lowest BCUT2D eigenvalue weighted by Gasteiger charge is -2.31. The summed E-state index contributed by atoms with van der Waals surface area (Å²) >= 11 is 0. The Morgan fingerprint density at radius 3 is 2.63 bits per heavy atom. The number of carboxylic acids is 1. The molecule has 27 heavy (non-hydrogen) atoms. The molecule has 0 unspecified atom stereocenters. The molecular weight excluding hydrogens is 348 g/mol. The predicted molar refractivity (Wildman–Crippen MR) is 101 cm³/mol. The van der Waals surface area contributed by atoms with Crippen molar-refractivity contribution in [3.05, 3.63) is 29.8 Å². The van der Waals surface area contributed by atoms with Gasteiger partial charge in [-0.2, -0.15) is 0 Å². The van der Waals surface area contributed by atoms with Crippen LogP contribution in [0, 0.1) is 5.92 Å². The molecule has 0 saturated carbocycles. The Balaban J connectivity index is 1.83. The first kappa shape index (κ1) is 20.7. The SMILES string of the molecule is CCCCCNC(=O)C1CCN(C(=O)c2cccc(OCC(=O)O)c2)CC1. The molecule has 1 aliphatic rings. The summed E-state index contributed by atoms with van der Waals surface area (Å²) in [6, 6.07) is 6.52. The van der Waals surface area contributed by atoms with Gasteiger partial charge in [0.1, 0.15) is 5.75 Å². The second-order valence-corrected chi connectivity index (χ2v) is 6.77. The van der Waals surface area contributed by atoms with E-state index in [1.54, 1.807) is 29.2 Å². The van der Waals surface area contributed by atoms with Crippen LogP contribution >= 0.6 is 0 Å². The van der Waals surface area contributed by atoms with E-state index < -0.39 is 12.6 Å². The van der Waals surface area contributed by atoms with Gasteiger partial charge < -0.3 is 20.1 Å². The maximum Gasteiger partial charge on any atom is 0.341 e. The fourth-order valence-corrected chi connectivity index (χ4v) is 3.12. The number of unbranched alkanes of at least 4 members (excludes halogenated alkanes) is 2. The molecule has 1 aromatic carbocycles. The number of rotatable bonds is 9. The minimum absolute atomic E-state index is 0.0408. The number of nitrogens with zero attached hydrogens (tertiary/aromatic N) is 1. The van der Waals surface area contributed by atoms with Gasteiger partial charge in [-0.3, -0.25) is 9.59 Å². The maximum atomic E-state index is 12.7. The molecule has 7 nitrogen and oxygen atoms in total. The van der Waals surface area contributed by atoms with Gasteiger partial charge in [-0.1, -0.05) is 25.8 Å². The number of aliphatic carboxylic acids is 1. The van der Waals surface area contributed by atoms with E-state index in [1.165, 1.54) is 0 Å². The van der Waals surface area contributed by atoms with Gasteiger partial charge in [0.15, 0.2) is 6.61 Å². The van der Waals surface area contributed by atoms with Crippen molar-refractivity contribution in [3.8, 4) is 5.75 Å². The van der Waals surface area contributed by atoms with E-state index in [1.807, 2.05) is 0 Å². The number of amides is 2. The van der Waals surface area contributed by atoms with E-state index in [0.29, 0.717) is 37.2 Å². The van der Waals surface area contributed by atoms with Crippen molar-refractivity contribution >= 4 is 17.8 Å². The lowest BCUT2D eigenvalue weighted by Crippen LogP contribution is -2.43. The van der Waals surface area contributed by atoms with Crippen LogP contribution in [0.5, 0.6) is 5.75 Å². The number of hydrogen-bond donors (Lipinski definition) is 2. The first-order chi connectivity index (χ1) is 13.0. The first-order valence-electron chi connectivity index (χ1n) is 9.53. The van der Waals surface area contributed by atoms with E-state index in [4.69, 9.17) is 9.84 Å². The topological polar surface area (TPSA) is 95.9 Å². The summed E-state index contributed by atoms with van der Waals surface area (Å²) < 4.78 is 5.13. The van der Waals surface area contributed by atoms with Gasteiger partial charge in [-0.05, 0) is 37.5 Å². The van der Waals surface area contributed by atoms with Crippen LogP contribution in [0.4, 0.5) is 0 Å². The molecule has 1 fully saturated rings. The minimum Gasteiger partial charge on any atom is -0.482 e. The third kappa shape index (κ3) is 6.58. The second-order valence-electron chi connectivity index (χ2n) is 6.77. The van der Waals surface area contributed by atoms with E-state index in [0.717, 1.165) is 25.8 Å². The molecule has 0 spiro atoms. The summed E-state index contributed by atoms with van der Waals surface area (Å²) in [5.41, 5.74) is 0.459. The number of likely N-dealkylation sites (tertiary alicyclic amines) is 1. The van der Waals surface area contributed by atoms with Crippen molar-refractivity contribution in [1.29, 1.82) is 0 Å². The second kappa shape index (κ2) is 10.5. The third-order valence-corrected chi connectivity index (χ3v) is 4.68. The maximum absolute atomic E-state index is 12.7. The fraction of sp³-hybridized carbons (Fsp3) is 0.550. The van der Waals surface area contributed by atoms with Crippen LogP contribution in [-0.4, -0.2) is 54.0 Å². The molecule has 7 heteroatoms. The number of benzene rings is 1. The summed E-state index contributed by atoms with van der Waals surface area (Å²) in [6.07, 6.45) is 4.54. The number of carboxylic acid groups (broad SMARTS) is 1. The van der Waals surface area contributed by atoms with Crippen molar-refractivity contribution < 1.29 is 24.2 Å². The summed E-state index contributed by atoms with van der Waals surface area (Å²) in [4.78, 5) is 37.2. The molecule has 1 aromatic rings. The van der Waals surface area contributed by atoms with E-state index in [-0.39, 0.29) is 17.7 Å². The van der Waals surface area contributed by atoms with Gasteiger partial charge in [-0.15, -0.1) is 0 Å². The zero-order valence-corrected chi connectivity index (χ0v) is 15.8. The molecule has 0 bridgehead atoms. The van der Waals surface area contributed by atoms with Crippen LogP contribution in [0.1, 0.15) is 49.4 Å². The highest BCUT2D eigenvalue weighted by molar-refractivity contribution is 5.94. The van der Waals surface area contributed by atoms with Crippen molar-refractivity contribution in [3.63, 3.8) is 0 Å². The summed E-state index contributed by atoms with van der Waals surface area (Å²) in [6.45, 7) is 3.46. The molecule has 1 aliphatic heterocycles. The van der Waals surface area contributed by atoms with E-state index in [9.17, 15) is 14.4 Å². The van der Waals surface area contributed by atoms with Crippen LogP contribution in [-0.2, 0) is 9.59 Å². The number of carbonyl (C=O) groups is 3. The Hall–Kier alpha value is -2.57. The van der Waals surface area contributed by atoms with Gasteiger partial charge in [0, 0.05) is 31.1 Å². The van der Waals surface area contributed by atoms with Gasteiger partial charge in [0.2, 0.25) is 5.91 Å². The van der Waals surface area contributed by atoms with Crippen molar-refractivity contribution in [1.82, 2.24) is 10.2 Å². The van der Waals surface area contributed by atoms with Gasteiger partial charge in [-0.25, -0.2) is 4.79 Å². The van der Waals surface area contributed by atoms with Gasteiger partial charge in [0.25, 0.3) is 5.91 Å². The smallest absolute Gasteiger partial charge is 0.341 e. The Bertz CT molecular complexity index is 654. The number of ether oxygens (including phenoxy) is 1. The zero-order valence-electron chi connectivity index (χ0n) is 15.8. The molecule has 148 valence electrons. The number of nitrogens with one attached hydrogen (secondary N) is 1. The quantitative estimate of drug-likeness (QED) is 0.645. The van der Waals surface area contributed by atoms with Crippen LogP contribution in [0.25, 0.3) is 0 Å². The molecular formula is C20H28N2O5. The zero-order chi connectivity index (χ0) is 19.6. The molecule has 0 aromatic heterocycles. The van der Waals surface area contributed by atoms with Crippen LogP contribution < -0.4 is 10.1 Å². The van der Waals surface area contributed by atoms with E-state index >= 15 is 0 Å². The largest absolute Gasteiger partial charge is 0.482 e. The van der Waals surface area contributed by atoms with E-state index in [2.05, 4.69) is 12.2 Å². The van der Waals surface area contributed by atoms with Gasteiger partial charge in [0.05, 0.1) is 0 Å². The average Bonchev–Trinajstić information content (AvgIpc) is 2.69. The molecule has 2 rings (SSSR count). The van der Waals surface area contributed by atoms with Crippen molar-refractivity contribution in [2.45, 2.75) is 39.0 Å². The monoisotopic (exact) mass is 376 g/mol. The average molecular weight is 376 g/mol. The number of carbonyl (C=O) groups excluding carboxylic acids is 2. The Morgan fingerprint density at radius 1 is 1.22 bits per heavy atom. The summed E-state index contributed by atoms with van der Waals surface area (Å²) in [7, 11) is 0.